The Labute approximate surface area is 112 Å². The first-order valence-corrected chi connectivity index (χ1v) is 6.15. The van der Waals surface area contributed by atoms with Gasteiger partial charge >= 0.3 is 12.0 Å². The van der Waals surface area contributed by atoms with Crippen LogP contribution in [0.5, 0.6) is 0 Å². The first-order chi connectivity index (χ1) is 9.15. The van der Waals surface area contributed by atoms with Crippen LogP contribution in [0.3, 0.4) is 0 Å². The van der Waals surface area contributed by atoms with E-state index in [-0.39, 0.29) is 12.1 Å². The number of amides is 2. The molecule has 2 aromatic rings. The number of aromatic carboxylic acids is 1. The zero-order chi connectivity index (χ0) is 13.7. The van der Waals surface area contributed by atoms with Crippen molar-refractivity contribution in [1.82, 2.24) is 15.3 Å². The molecule has 0 aliphatic heterocycles. The molecule has 0 unspecified atom stereocenters. The quantitative estimate of drug-likeness (QED) is 0.787. The number of nitrogens with zero attached hydrogens (tertiary/aromatic N) is 2. The Balaban J connectivity index is 1.89. The largest absolute Gasteiger partial charge is 0.478 e. The van der Waals surface area contributed by atoms with Gasteiger partial charge < -0.3 is 10.4 Å². The average molecular weight is 278 g/mol. The van der Waals surface area contributed by atoms with E-state index in [9.17, 15) is 9.59 Å². The summed E-state index contributed by atoms with van der Waals surface area (Å²) in [7, 11) is 0. The Morgan fingerprint density at radius 1 is 1.32 bits per heavy atom. The Kier molecular flexibility index (Phi) is 4.04. The third-order valence-corrected chi connectivity index (χ3v) is 2.83. The molecule has 0 spiro atoms. The maximum absolute atomic E-state index is 11.5. The SMILES string of the molecule is O=C(NCc1cc(C(=O)O)ccn1)Nc1nccs1. The highest BCUT2D eigenvalue weighted by atomic mass is 32.1. The van der Waals surface area contributed by atoms with Crippen molar-refractivity contribution in [2.45, 2.75) is 6.54 Å². The lowest BCUT2D eigenvalue weighted by Gasteiger charge is -2.05. The summed E-state index contributed by atoms with van der Waals surface area (Å²) in [5.74, 6) is -1.03. The van der Waals surface area contributed by atoms with E-state index >= 15 is 0 Å². The zero-order valence-electron chi connectivity index (χ0n) is 9.66. The normalized spacial score (nSPS) is 9.89. The summed E-state index contributed by atoms with van der Waals surface area (Å²) in [6.45, 7) is 0.137. The highest BCUT2D eigenvalue weighted by Gasteiger charge is 2.06. The van der Waals surface area contributed by atoms with E-state index < -0.39 is 12.0 Å². The molecule has 0 saturated carbocycles. The van der Waals surface area contributed by atoms with Crippen LogP contribution in [-0.2, 0) is 6.54 Å². The number of carbonyl (C=O) groups excluding carboxylic acids is 1. The molecule has 7 nitrogen and oxygen atoms in total. The van der Waals surface area contributed by atoms with Gasteiger partial charge in [-0.25, -0.2) is 14.6 Å². The summed E-state index contributed by atoms with van der Waals surface area (Å²) in [6.07, 6.45) is 2.97. The molecule has 0 aliphatic carbocycles. The fourth-order valence-electron chi connectivity index (χ4n) is 1.31. The summed E-state index contributed by atoms with van der Waals surface area (Å²) >= 11 is 1.30. The maximum atomic E-state index is 11.5. The molecule has 0 aromatic carbocycles. The minimum atomic E-state index is -1.03. The lowest BCUT2D eigenvalue weighted by Crippen LogP contribution is -2.28. The summed E-state index contributed by atoms with van der Waals surface area (Å²) in [4.78, 5) is 30.1. The van der Waals surface area contributed by atoms with Crippen molar-refractivity contribution in [3.05, 3.63) is 41.2 Å². The van der Waals surface area contributed by atoms with Gasteiger partial charge in [-0.3, -0.25) is 10.3 Å². The third kappa shape index (κ3) is 3.75. The molecule has 19 heavy (non-hydrogen) atoms. The number of carboxylic acids is 1. The molecule has 0 fully saturated rings. The fraction of sp³-hybridized carbons (Fsp3) is 0.0909. The summed E-state index contributed by atoms with van der Waals surface area (Å²) < 4.78 is 0. The highest BCUT2D eigenvalue weighted by molar-refractivity contribution is 7.13. The van der Waals surface area contributed by atoms with Gasteiger partial charge in [0.15, 0.2) is 5.13 Å². The van der Waals surface area contributed by atoms with E-state index in [0.29, 0.717) is 10.8 Å². The zero-order valence-corrected chi connectivity index (χ0v) is 10.5. The van der Waals surface area contributed by atoms with Crippen molar-refractivity contribution in [2.75, 3.05) is 5.32 Å². The number of thiazole rings is 1. The van der Waals surface area contributed by atoms with Gasteiger partial charge in [-0.2, -0.15) is 0 Å². The van der Waals surface area contributed by atoms with E-state index in [4.69, 9.17) is 5.11 Å². The van der Waals surface area contributed by atoms with Gasteiger partial charge in [-0.15, -0.1) is 11.3 Å². The molecule has 0 atom stereocenters. The fourth-order valence-corrected chi connectivity index (χ4v) is 1.83. The highest BCUT2D eigenvalue weighted by Crippen LogP contribution is 2.09. The van der Waals surface area contributed by atoms with E-state index in [0.717, 1.165) is 0 Å². The number of carbonyl (C=O) groups is 2. The summed E-state index contributed by atoms with van der Waals surface area (Å²) in [5.41, 5.74) is 0.598. The minimum Gasteiger partial charge on any atom is -0.478 e. The van der Waals surface area contributed by atoms with Gasteiger partial charge in [-0.05, 0) is 12.1 Å². The van der Waals surface area contributed by atoms with Crippen LogP contribution in [0.4, 0.5) is 9.93 Å². The van der Waals surface area contributed by atoms with Crippen molar-refractivity contribution in [1.29, 1.82) is 0 Å². The van der Waals surface area contributed by atoms with Crippen molar-refractivity contribution in [3.63, 3.8) is 0 Å². The number of hydrogen-bond acceptors (Lipinski definition) is 5. The Morgan fingerprint density at radius 2 is 2.16 bits per heavy atom. The Bertz CT molecular complexity index is 585. The van der Waals surface area contributed by atoms with Crippen LogP contribution in [0.15, 0.2) is 29.9 Å². The molecule has 0 bridgehead atoms. The average Bonchev–Trinajstić information content (AvgIpc) is 2.89. The molecule has 2 heterocycles. The lowest BCUT2D eigenvalue weighted by molar-refractivity contribution is 0.0696. The Morgan fingerprint density at radius 3 is 2.84 bits per heavy atom. The monoisotopic (exact) mass is 278 g/mol. The molecule has 2 amide bonds. The molecule has 0 saturated heterocycles. The van der Waals surface area contributed by atoms with Gasteiger partial charge in [0.1, 0.15) is 0 Å². The first-order valence-electron chi connectivity index (χ1n) is 5.28. The number of urea groups is 1. The molecule has 8 heteroatoms. The molecule has 0 radical (unpaired) electrons. The number of anilines is 1. The van der Waals surface area contributed by atoms with Crippen molar-refractivity contribution in [3.8, 4) is 0 Å². The number of hydrogen-bond donors (Lipinski definition) is 3. The van der Waals surface area contributed by atoms with Gasteiger partial charge in [0.25, 0.3) is 0 Å². The van der Waals surface area contributed by atoms with Gasteiger partial charge in [-0.1, -0.05) is 0 Å². The lowest BCUT2D eigenvalue weighted by atomic mass is 10.2. The summed E-state index contributed by atoms with van der Waals surface area (Å²) in [6, 6.07) is 2.38. The third-order valence-electron chi connectivity index (χ3n) is 2.15. The van der Waals surface area contributed by atoms with Gasteiger partial charge in [0.2, 0.25) is 0 Å². The number of aromatic nitrogens is 2. The van der Waals surface area contributed by atoms with Crippen LogP contribution >= 0.6 is 11.3 Å². The van der Waals surface area contributed by atoms with Crippen LogP contribution in [0.2, 0.25) is 0 Å². The molecule has 3 N–H and O–H groups in total. The van der Waals surface area contributed by atoms with Gasteiger partial charge in [0, 0.05) is 17.8 Å². The number of pyridine rings is 1. The smallest absolute Gasteiger partial charge is 0.335 e. The molecular weight excluding hydrogens is 268 g/mol. The van der Waals surface area contributed by atoms with E-state index in [2.05, 4.69) is 20.6 Å². The molecular formula is C11H10N4O3S. The Hall–Kier alpha value is -2.48. The van der Waals surface area contributed by atoms with Crippen LogP contribution < -0.4 is 10.6 Å². The second-order valence-electron chi connectivity index (χ2n) is 3.49. The van der Waals surface area contributed by atoms with Crippen LogP contribution in [-0.4, -0.2) is 27.1 Å². The maximum Gasteiger partial charge on any atom is 0.335 e. The van der Waals surface area contributed by atoms with Crippen LogP contribution in [0, 0.1) is 0 Å². The van der Waals surface area contributed by atoms with E-state index in [1.165, 1.54) is 29.7 Å². The number of rotatable bonds is 4. The second-order valence-corrected chi connectivity index (χ2v) is 4.38. The number of carboxylic acid groups (broad SMARTS) is 1. The van der Waals surface area contributed by atoms with Crippen molar-refractivity contribution >= 4 is 28.5 Å². The van der Waals surface area contributed by atoms with E-state index in [1.807, 2.05) is 0 Å². The minimum absolute atomic E-state index is 0.132. The van der Waals surface area contributed by atoms with Crippen LogP contribution in [0.1, 0.15) is 16.1 Å². The molecule has 98 valence electrons. The molecule has 2 rings (SSSR count). The van der Waals surface area contributed by atoms with E-state index in [1.54, 1.807) is 11.6 Å². The van der Waals surface area contributed by atoms with Crippen LogP contribution in [0.25, 0.3) is 0 Å². The standard InChI is InChI=1S/C11H10N4O3S/c16-9(17)7-1-2-12-8(5-7)6-14-10(18)15-11-13-3-4-19-11/h1-5H,6H2,(H,16,17)(H2,13,14,15,18). The number of nitrogens with one attached hydrogen (secondary N) is 2. The topological polar surface area (TPSA) is 104 Å². The predicted octanol–water partition coefficient (Wildman–Crippen LogP) is 1.56. The predicted molar refractivity (Wildman–Crippen MR) is 69.2 cm³/mol. The van der Waals surface area contributed by atoms with Gasteiger partial charge in [0.05, 0.1) is 17.8 Å². The summed E-state index contributed by atoms with van der Waals surface area (Å²) in [5, 5.41) is 16.2. The second kappa shape index (κ2) is 5.91. The molecule has 2 aromatic heterocycles. The van der Waals surface area contributed by atoms with Crippen molar-refractivity contribution < 1.29 is 14.7 Å². The molecule has 0 aliphatic rings. The first kappa shape index (κ1) is 13.0. The van der Waals surface area contributed by atoms with Crippen molar-refractivity contribution in [2.24, 2.45) is 0 Å².